The molecule has 1 aliphatic heterocycles. The molecule has 4 nitrogen and oxygen atoms in total. The van der Waals surface area contributed by atoms with Gasteiger partial charge in [0.1, 0.15) is 5.75 Å². The third kappa shape index (κ3) is 3.69. The highest BCUT2D eigenvalue weighted by molar-refractivity contribution is 6.00. The lowest BCUT2D eigenvalue weighted by molar-refractivity contribution is -0.128. The van der Waals surface area contributed by atoms with E-state index in [1.165, 1.54) is 0 Å². The van der Waals surface area contributed by atoms with Gasteiger partial charge in [-0.15, -0.1) is 0 Å². The van der Waals surface area contributed by atoms with Gasteiger partial charge in [0.15, 0.2) is 6.10 Å². The van der Waals surface area contributed by atoms with Crippen LogP contribution in [0.2, 0.25) is 0 Å². The molecule has 1 heterocycles. The van der Waals surface area contributed by atoms with Crippen LogP contribution >= 0.6 is 0 Å². The fourth-order valence-corrected chi connectivity index (χ4v) is 2.87. The molecule has 2 atom stereocenters. The van der Waals surface area contributed by atoms with Gasteiger partial charge < -0.3 is 15.4 Å². The minimum absolute atomic E-state index is 0.0425. The van der Waals surface area contributed by atoms with Crippen LogP contribution in [0.5, 0.6) is 5.75 Å². The molecule has 1 aromatic rings. The molecule has 23 heavy (non-hydrogen) atoms. The number of anilines is 1. The molecular formula is C19H30N2O2. The molecule has 0 radical (unpaired) electrons. The predicted octanol–water partition coefficient (Wildman–Crippen LogP) is 3.75. The predicted molar refractivity (Wildman–Crippen MR) is 94.7 cm³/mol. The molecule has 0 aromatic heterocycles. The van der Waals surface area contributed by atoms with Crippen LogP contribution in [0.1, 0.15) is 53.1 Å². The Balaban J connectivity index is 2.46. The summed E-state index contributed by atoms with van der Waals surface area (Å²) in [6.07, 6.45) is -0.411. The lowest BCUT2D eigenvalue weighted by Crippen LogP contribution is -2.49. The Labute approximate surface area is 140 Å². The van der Waals surface area contributed by atoms with Crippen molar-refractivity contribution in [1.82, 2.24) is 0 Å². The molecule has 0 aliphatic carbocycles. The van der Waals surface area contributed by atoms with Gasteiger partial charge in [0.05, 0.1) is 5.69 Å². The van der Waals surface area contributed by atoms with E-state index in [4.69, 9.17) is 10.5 Å². The van der Waals surface area contributed by atoms with Crippen molar-refractivity contribution >= 4 is 11.6 Å². The fraction of sp³-hybridized carbons (Fsp3) is 0.632. The highest BCUT2D eigenvalue weighted by Crippen LogP contribution is 2.38. The smallest absolute Gasteiger partial charge is 0.268 e. The van der Waals surface area contributed by atoms with E-state index < -0.39 is 6.10 Å². The quantitative estimate of drug-likeness (QED) is 0.899. The maximum absolute atomic E-state index is 12.8. The number of amides is 1. The highest BCUT2D eigenvalue weighted by atomic mass is 16.5. The second-order valence-electron chi connectivity index (χ2n) is 7.62. The van der Waals surface area contributed by atoms with Gasteiger partial charge in [-0.3, -0.25) is 4.79 Å². The average Bonchev–Trinajstić information content (AvgIpc) is 2.47. The van der Waals surface area contributed by atoms with E-state index in [-0.39, 0.29) is 17.9 Å². The van der Waals surface area contributed by atoms with E-state index in [2.05, 4.69) is 27.7 Å². The van der Waals surface area contributed by atoms with Gasteiger partial charge in [-0.1, -0.05) is 47.6 Å². The van der Waals surface area contributed by atoms with Gasteiger partial charge in [-0.05, 0) is 35.4 Å². The molecule has 2 unspecified atom stereocenters. The van der Waals surface area contributed by atoms with Crippen molar-refractivity contribution in [1.29, 1.82) is 0 Å². The first kappa shape index (κ1) is 17.8. The number of rotatable bonds is 5. The van der Waals surface area contributed by atoms with Crippen LogP contribution in [0.4, 0.5) is 5.69 Å². The minimum Gasteiger partial charge on any atom is -0.478 e. The summed E-state index contributed by atoms with van der Waals surface area (Å²) in [6, 6.07) is 5.96. The van der Waals surface area contributed by atoms with Crippen molar-refractivity contribution in [3.63, 3.8) is 0 Å². The van der Waals surface area contributed by atoms with Crippen LogP contribution in [-0.2, 0) is 4.79 Å². The summed E-state index contributed by atoms with van der Waals surface area (Å²) in [5, 5.41) is 0. The largest absolute Gasteiger partial charge is 0.478 e. The third-order valence-electron chi connectivity index (χ3n) is 4.29. The third-order valence-corrected chi connectivity index (χ3v) is 4.29. The molecule has 1 aliphatic rings. The monoisotopic (exact) mass is 318 g/mol. The van der Waals surface area contributed by atoms with Gasteiger partial charge in [0, 0.05) is 12.6 Å². The summed E-state index contributed by atoms with van der Waals surface area (Å²) in [5.74, 6) is 1.71. The van der Waals surface area contributed by atoms with Crippen LogP contribution in [0, 0.1) is 17.8 Å². The number of ether oxygens (including phenoxy) is 1. The van der Waals surface area contributed by atoms with Crippen molar-refractivity contribution in [2.45, 2.75) is 53.7 Å². The number of nitrogens with zero attached hydrogens (tertiary/aromatic N) is 1. The van der Waals surface area contributed by atoms with Gasteiger partial charge in [0.25, 0.3) is 5.91 Å². The zero-order chi connectivity index (χ0) is 17.3. The Kier molecular flexibility index (Phi) is 5.35. The first-order chi connectivity index (χ1) is 10.7. The summed E-state index contributed by atoms with van der Waals surface area (Å²) in [6.45, 7) is 13.2. The number of carbonyl (C=O) groups excluding carboxylic acids is 1. The van der Waals surface area contributed by atoms with E-state index >= 15 is 0 Å². The number of benzene rings is 1. The molecular weight excluding hydrogens is 288 g/mol. The zero-order valence-electron chi connectivity index (χ0n) is 15.2. The summed E-state index contributed by atoms with van der Waals surface area (Å²) in [5.41, 5.74) is 8.19. The molecule has 0 saturated heterocycles. The summed E-state index contributed by atoms with van der Waals surface area (Å²) < 4.78 is 5.98. The summed E-state index contributed by atoms with van der Waals surface area (Å²) in [4.78, 5) is 14.7. The fourth-order valence-electron chi connectivity index (χ4n) is 2.87. The first-order valence-corrected chi connectivity index (χ1v) is 8.60. The molecule has 2 rings (SSSR count). The van der Waals surface area contributed by atoms with Crippen LogP contribution in [-0.4, -0.2) is 18.6 Å². The van der Waals surface area contributed by atoms with Crippen molar-refractivity contribution < 1.29 is 9.53 Å². The Morgan fingerprint density at radius 2 is 1.83 bits per heavy atom. The van der Waals surface area contributed by atoms with Crippen molar-refractivity contribution in [2.75, 3.05) is 11.4 Å². The Morgan fingerprint density at radius 1 is 1.17 bits per heavy atom. The minimum atomic E-state index is -0.411. The molecule has 1 aromatic carbocycles. The molecule has 2 N–H and O–H groups in total. The average molecular weight is 318 g/mol. The number of nitrogens with two attached hydrogens (primary N) is 1. The highest BCUT2D eigenvalue weighted by Gasteiger charge is 2.36. The zero-order valence-corrected chi connectivity index (χ0v) is 15.2. The second kappa shape index (κ2) is 6.91. The molecule has 0 fully saturated rings. The molecule has 4 heteroatoms. The first-order valence-electron chi connectivity index (χ1n) is 8.60. The number of carbonyl (C=O) groups is 1. The van der Waals surface area contributed by atoms with Crippen molar-refractivity contribution in [3.05, 3.63) is 23.8 Å². The second-order valence-corrected chi connectivity index (χ2v) is 7.62. The van der Waals surface area contributed by atoms with Crippen LogP contribution < -0.4 is 15.4 Å². The number of fused-ring (bicyclic) bond motifs is 1. The van der Waals surface area contributed by atoms with Crippen LogP contribution in [0.3, 0.4) is 0 Å². The van der Waals surface area contributed by atoms with Crippen molar-refractivity contribution in [2.24, 2.45) is 23.5 Å². The molecule has 0 spiro atoms. The van der Waals surface area contributed by atoms with E-state index in [1.54, 1.807) is 0 Å². The van der Waals surface area contributed by atoms with Gasteiger partial charge in [-0.2, -0.15) is 0 Å². The lowest BCUT2D eigenvalue weighted by Gasteiger charge is -2.37. The van der Waals surface area contributed by atoms with Gasteiger partial charge >= 0.3 is 0 Å². The summed E-state index contributed by atoms with van der Waals surface area (Å²) >= 11 is 0. The van der Waals surface area contributed by atoms with Gasteiger partial charge in [0.2, 0.25) is 0 Å². The molecule has 128 valence electrons. The normalized spacial score (nSPS) is 19.3. The topological polar surface area (TPSA) is 55.6 Å². The Hall–Kier alpha value is -1.55. The maximum atomic E-state index is 12.8. The van der Waals surface area contributed by atoms with Gasteiger partial charge in [-0.25, -0.2) is 0 Å². The Morgan fingerprint density at radius 3 is 2.35 bits per heavy atom. The lowest BCUT2D eigenvalue weighted by atomic mass is 9.95. The standard InChI is InChI=1S/C19H30N2O2/c1-11(2)10-21-15-9-14(17(20)12(3)4)7-8-16(15)23-18(13(5)6)19(21)22/h7-9,11-13,17-18H,10,20H2,1-6H3. The van der Waals surface area contributed by atoms with E-state index in [0.29, 0.717) is 18.4 Å². The Bertz CT molecular complexity index is 566. The van der Waals surface area contributed by atoms with E-state index in [9.17, 15) is 4.79 Å². The van der Waals surface area contributed by atoms with Crippen LogP contribution in [0.25, 0.3) is 0 Å². The number of hydrogen-bond acceptors (Lipinski definition) is 3. The summed E-state index contributed by atoms with van der Waals surface area (Å²) in [7, 11) is 0. The molecule has 0 saturated carbocycles. The van der Waals surface area contributed by atoms with E-state index in [1.807, 2.05) is 36.9 Å². The van der Waals surface area contributed by atoms with E-state index in [0.717, 1.165) is 17.0 Å². The van der Waals surface area contributed by atoms with Crippen LogP contribution in [0.15, 0.2) is 18.2 Å². The van der Waals surface area contributed by atoms with Crippen molar-refractivity contribution in [3.8, 4) is 5.75 Å². The molecule has 0 bridgehead atoms. The maximum Gasteiger partial charge on any atom is 0.268 e. The molecule has 1 amide bonds. The number of hydrogen-bond donors (Lipinski definition) is 1. The SMILES string of the molecule is CC(C)CN1C(=O)C(C(C)C)Oc2ccc(C(N)C(C)C)cc21.